The Morgan fingerprint density at radius 2 is 1.95 bits per heavy atom. The molecular formula is C16H17BN2O3. The van der Waals surface area contributed by atoms with Crippen molar-refractivity contribution in [1.82, 2.24) is 4.98 Å². The molecule has 0 bridgehead atoms. The largest absolute Gasteiger partial charge is 0.459 e. The molecule has 0 saturated carbocycles. The first-order valence-corrected chi connectivity index (χ1v) is 6.96. The van der Waals surface area contributed by atoms with Crippen molar-refractivity contribution in [1.29, 1.82) is 0 Å². The molecule has 2 N–H and O–H groups in total. The SMILES string of the molecule is Bc1cc(C=O)c(N)c(-c2ccc(C(=O)OC(C)C)cc2)n1. The summed E-state index contributed by atoms with van der Waals surface area (Å²) in [6.45, 7) is 3.59. The van der Waals surface area contributed by atoms with Crippen molar-refractivity contribution in [2.75, 3.05) is 5.73 Å². The van der Waals surface area contributed by atoms with E-state index in [4.69, 9.17) is 10.5 Å². The van der Waals surface area contributed by atoms with Crippen molar-refractivity contribution in [3.63, 3.8) is 0 Å². The maximum absolute atomic E-state index is 11.8. The second kappa shape index (κ2) is 6.43. The summed E-state index contributed by atoms with van der Waals surface area (Å²) >= 11 is 0. The zero-order valence-electron chi connectivity index (χ0n) is 12.8. The minimum absolute atomic E-state index is 0.170. The molecule has 22 heavy (non-hydrogen) atoms. The molecule has 112 valence electrons. The van der Waals surface area contributed by atoms with Crippen molar-refractivity contribution in [3.8, 4) is 11.3 Å². The molecule has 2 aromatic rings. The quantitative estimate of drug-likeness (QED) is 0.516. The summed E-state index contributed by atoms with van der Waals surface area (Å²) in [5.74, 6) is -0.375. The van der Waals surface area contributed by atoms with Crippen LogP contribution in [0.4, 0.5) is 5.69 Å². The van der Waals surface area contributed by atoms with E-state index >= 15 is 0 Å². The second-order valence-electron chi connectivity index (χ2n) is 5.26. The lowest BCUT2D eigenvalue weighted by atomic mass is 9.97. The Morgan fingerprint density at radius 1 is 1.32 bits per heavy atom. The van der Waals surface area contributed by atoms with Crippen LogP contribution < -0.4 is 11.3 Å². The lowest BCUT2D eigenvalue weighted by Crippen LogP contribution is -2.14. The van der Waals surface area contributed by atoms with E-state index in [1.807, 2.05) is 0 Å². The standard InChI is InChI=1S/C16H17BN2O3/c1-9(2)22-16(21)11-5-3-10(4-6-11)15-14(18)12(8-20)7-13(17)19-15/h3-9H,17-18H2,1-2H3. The van der Waals surface area contributed by atoms with Crippen LogP contribution in [0.1, 0.15) is 34.6 Å². The molecule has 0 fully saturated rings. The number of nitrogens with zero attached hydrogens (tertiary/aromatic N) is 1. The average Bonchev–Trinajstić information content (AvgIpc) is 2.48. The summed E-state index contributed by atoms with van der Waals surface area (Å²) in [6.07, 6.45) is 0.540. The van der Waals surface area contributed by atoms with Gasteiger partial charge >= 0.3 is 5.97 Å². The molecule has 6 heteroatoms. The van der Waals surface area contributed by atoms with E-state index in [9.17, 15) is 9.59 Å². The summed E-state index contributed by atoms with van der Waals surface area (Å²) < 4.78 is 5.14. The molecule has 5 nitrogen and oxygen atoms in total. The number of ether oxygens (including phenoxy) is 1. The van der Waals surface area contributed by atoms with Gasteiger partial charge < -0.3 is 10.5 Å². The van der Waals surface area contributed by atoms with Gasteiger partial charge in [0.25, 0.3) is 0 Å². The normalized spacial score (nSPS) is 10.5. The maximum atomic E-state index is 11.8. The summed E-state index contributed by atoms with van der Waals surface area (Å²) in [5, 5.41) is 0. The fourth-order valence-corrected chi connectivity index (χ4v) is 2.07. The van der Waals surface area contributed by atoms with Crippen LogP contribution in [0.5, 0.6) is 0 Å². The van der Waals surface area contributed by atoms with Crippen molar-refractivity contribution in [2.24, 2.45) is 0 Å². The van der Waals surface area contributed by atoms with Gasteiger partial charge in [0, 0.05) is 11.1 Å². The van der Waals surface area contributed by atoms with Gasteiger partial charge in [-0.15, -0.1) is 0 Å². The molecule has 0 saturated heterocycles. The lowest BCUT2D eigenvalue weighted by Gasteiger charge is -2.10. The van der Waals surface area contributed by atoms with Gasteiger partial charge in [-0.1, -0.05) is 12.1 Å². The van der Waals surface area contributed by atoms with Crippen LogP contribution >= 0.6 is 0 Å². The van der Waals surface area contributed by atoms with E-state index in [1.54, 1.807) is 52.0 Å². The highest BCUT2D eigenvalue weighted by molar-refractivity contribution is 6.31. The first kappa shape index (κ1) is 15.8. The third-order valence-corrected chi connectivity index (χ3v) is 3.08. The van der Waals surface area contributed by atoms with E-state index in [-0.39, 0.29) is 12.1 Å². The van der Waals surface area contributed by atoms with Crippen molar-refractivity contribution >= 4 is 31.4 Å². The fourth-order valence-electron chi connectivity index (χ4n) is 2.07. The molecule has 0 unspecified atom stereocenters. The monoisotopic (exact) mass is 296 g/mol. The lowest BCUT2D eigenvalue weighted by molar-refractivity contribution is 0.0378. The number of nitrogens with two attached hydrogens (primary N) is 1. The number of aldehydes is 1. The highest BCUT2D eigenvalue weighted by Gasteiger charge is 2.12. The number of esters is 1. The van der Waals surface area contributed by atoms with E-state index in [1.165, 1.54) is 0 Å². The van der Waals surface area contributed by atoms with Gasteiger partial charge in [0.05, 0.1) is 23.0 Å². The Morgan fingerprint density at radius 3 is 2.50 bits per heavy atom. The summed E-state index contributed by atoms with van der Waals surface area (Å²) in [6, 6.07) is 8.43. The van der Waals surface area contributed by atoms with Gasteiger partial charge in [0.2, 0.25) is 0 Å². The molecule has 0 aliphatic rings. The number of carbonyl (C=O) groups is 2. The van der Waals surface area contributed by atoms with Crippen LogP contribution in [0.3, 0.4) is 0 Å². The van der Waals surface area contributed by atoms with E-state index in [0.717, 1.165) is 5.56 Å². The van der Waals surface area contributed by atoms with Gasteiger partial charge in [0.15, 0.2) is 14.1 Å². The van der Waals surface area contributed by atoms with Crippen LogP contribution in [0.2, 0.25) is 0 Å². The Kier molecular flexibility index (Phi) is 4.60. The molecule has 0 aliphatic carbocycles. The highest BCUT2D eigenvalue weighted by Crippen LogP contribution is 2.25. The first-order chi connectivity index (χ1) is 10.4. The van der Waals surface area contributed by atoms with Crippen LogP contribution in [0, 0.1) is 0 Å². The topological polar surface area (TPSA) is 82.3 Å². The molecular weight excluding hydrogens is 279 g/mol. The minimum Gasteiger partial charge on any atom is -0.459 e. The molecule has 0 aliphatic heterocycles. The number of carbonyl (C=O) groups excluding carboxylic acids is 2. The third-order valence-electron chi connectivity index (χ3n) is 3.08. The van der Waals surface area contributed by atoms with Gasteiger partial charge in [-0.25, -0.2) is 4.79 Å². The Labute approximate surface area is 129 Å². The Bertz CT molecular complexity index is 712. The number of nitrogen functional groups attached to an aromatic ring is 1. The smallest absolute Gasteiger partial charge is 0.338 e. The molecule has 0 amide bonds. The molecule has 0 spiro atoms. The Balaban J connectivity index is 2.37. The number of aromatic nitrogens is 1. The van der Waals surface area contributed by atoms with Crippen molar-refractivity contribution < 1.29 is 14.3 Å². The van der Waals surface area contributed by atoms with E-state index < -0.39 is 0 Å². The zero-order chi connectivity index (χ0) is 16.3. The number of benzene rings is 1. The van der Waals surface area contributed by atoms with Gasteiger partial charge in [-0.05, 0) is 37.6 Å². The van der Waals surface area contributed by atoms with Crippen LogP contribution in [0.25, 0.3) is 11.3 Å². The number of pyridine rings is 1. The molecule has 1 aromatic heterocycles. The van der Waals surface area contributed by atoms with Crippen molar-refractivity contribution in [3.05, 3.63) is 41.5 Å². The number of hydrogen-bond donors (Lipinski definition) is 1. The second-order valence-corrected chi connectivity index (χ2v) is 5.26. The minimum atomic E-state index is -0.375. The third kappa shape index (κ3) is 3.34. The number of anilines is 1. The summed E-state index contributed by atoms with van der Waals surface area (Å²) in [5.41, 5.74) is 9.15. The van der Waals surface area contributed by atoms with E-state index in [0.29, 0.717) is 34.4 Å². The molecule has 1 aromatic carbocycles. The number of rotatable bonds is 4. The summed E-state index contributed by atoms with van der Waals surface area (Å²) in [7, 11) is 1.80. The molecule has 0 atom stereocenters. The zero-order valence-corrected chi connectivity index (χ0v) is 12.8. The highest BCUT2D eigenvalue weighted by atomic mass is 16.5. The molecule has 2 rings (SSSR count). The van der Waals surface area contributed by atoms with Gasteiger partial charge in [-0.2, -0.15) is 0 Å². The van der Waals surface area contributed by atoms with Crippen LogP contribution in [0.15, 0.2) is 30.3 Å². The molecule has 1 heterocycles. The Hall–Kier alpha value is -2.63. The predicted octanol–water partition coefficient (Wildman–Crippen LogP) is 0.967. The van der Waals surface area contributed by atoms with Crippen LogP contribution in [-0.4, -0.2) is 31.2 Å². The van der Waals surface area contributed by atoms with Gasteiger partial charge in [-0.3, -0.25) is 9.78 Å². The maximum Gasteiger partial charge on any atom is 0.338 e. The van der Waals surface area contributed by atoms with Gasteiger partial charge in [0.1, 0.15) is 0 Å². The molecule has 0 radical (unpaired) electrons. The van der Waals surface area contributed by atoms with Crippen molar-refractivity contribution in [2.45, 2.75) is 20.0 Å². The summed E-state index contributed by atoms with van der Waals surface area (Å²) in [4.78, 5) is 27.2. The van der Waals surface area contributed by atoms with Crippen LogP contribution in [-0.2, 0) is 4.74 Å². The predicted molar refractivity (Wildman–Crippen MR) is 88.2 cm³/mol. The fraction of sp³-hybridized carbons (Fsp3) is 0.188. The average molecular weight is 296 g/mol. The number of hydrogen-bond acceptors (Lipinski definition) is 5. The first-order valence-electron chi connectivity index (χ1n) is 6.96. The van der Waals surface area contributed by atoms with E-state index in [2.05, 4.69) is 4.98 Å².